The van der Waals surface area contributed by atoms with Gasteiger partial charge in [0, 0.05) is 12.1 Å². The van der Waals surface area contributed by atoms with Crippen molar-refractivity contribution in [3.8, 4) is 5.75 Å². The molecule has 0 saturated heterocycles. The third-order valence-corrected chi connectivity index (χ3v) is 3.04. The quantitative estimate of drug-likeness (QED) is 0.470. The molecular formula is C14H21FN2O2. The molecule has 0 aromatic heterocycles. The molecule has 0 fully saturated rings. The molecule has 1 aromatic rings. The molecule has 0 unspecified atom stereocenters. The Labute approximate surface area is 113 Å². The molecule has 4 nitrogen and oxygen atoms in total. The molecular weight excluding hydrogens is 247 g/mol. The van der Waals surface area contributed by atoms with E-state index in [9.17, 15) is 4.39 Å². The number of rotatable bonds is 7. The lowest BCUT2D eigenvalue weighted by atomic mass is 10.1. The number of likely N-dealkylation sites (N-methyl/N-ethyl adjacent to an activating group) is 1. The SMILES string of the molecule is CCN(CC)CCOc1ccc(F)cc1C(C)=NO. The van der Waals surface area contributed by atoms with Crippen molar-refractivity contribution in [2.24, 2.45) is 5.16 Å². The number of hydrogen-bond donors (Lipinski definition) is 1. The molecule has 5 heteroatoms. The normalized spacial score (nSPS) is 11.9. The summed E-state index contributed by atoms with van der Waals surface area (Å²) >= 11 is 0. The largest absolute Gasteiger partial charge is 0.492 e. The zero-order valence-electron chi connectivity index (χ0n) is 11.7. The molecule has 1 aromatic carbocycles. The maximum absolute atomic E-state index is 13.2. The highest BCUT2D eigenvalue weighted by Gasteiger charge is 2.09. The van der Waals surface area contributed by atoms with Crippen LogP contribution in [0.3, 0.4) is 0 Å². The first-order chi connectivity index (χ1) is 9.12. The number of benzene rings is 1. The smallest absolute Gasteiger partial charge is 0.128 e. The Kier molecular flexibility index (Phi) is 6.29. The van der Waals surface area contributed by atoms with Crippen LogP contribution in [0.25, 0.3) is 0 Å². The average Bonchev–Trinajstić information content (AvgIpc) is 2.44. The summed E-state index contributed by atoms with van der Waals surface area (Å²) in [4.78, 5) is 2.23. The van der Waals surface area contributed by atoms with Gasteiger partial charge in [0.05, 0.1) is 5.71 Å². The van der Waals surface area contributed by atoms with Gasteiger partial charge in [-0.15, -0.1) is 0 Å². The number of hydrogen-bond acceptors (Lipinski definition) is 4. The monoisotopic (exact) mass is 268 g/mol. The topological polar surface area (TPSA) is 45.1 Å². The van der Waals surface area contributed by atoms with Crippen molar-refractivity contribution in [2.75, 3.05) is 26.2 Å². The van der Waals surface area contributed by atoms with Crippen molar-refractivity contribution < 1.29 is 14.3 Å². The van der Waals surface area contributed by atoms with Gasteiger partial charge in [0.2, 0.25) is 0 Å². The van der Waals surface area contributed by atoms with Crippen LogP contribution in [0.1, 0.15) is 26.3 Å². The van der Waals surface area contributed by atoms with Crippen LogP contribution in [0.2, 0.25) is 0 Å². The Balaban J connectivity index is 2.73. The second-order valence-electron chi connectivity index (χ2n) is 4.20. The fourth-order valence-corrected chi connectivity index (χ4v) is 1.79. The van der Waals surface area contributed by atoms with E-state index in [-0.39, 0.29) is 5.82 Å². The highest BCUT2D eigenvalue weighted by Crippen LogP contribution is 2.20. The Bertz CT molecular complexity index is 431. The lowest BCUT2D eigenvalue weighted by Crippen LogP contribution is -2.28. The van der Waals surface area contributed by atoms with E-state index in [1.165, 1.54) is 12.1 Å². The van der Waals surface area contributed by atoms with Crippen molar-refractivity contribution >= 4 is 5.71 Å². The zero-order valence-corrected chi connectivity index (χ0v) is 11.7. The molecule has 0 aliphatic rings. The first-order valence-corrected chi connectivity index (χ1v) is 6.46. The second-order valence-corrected chi connectivity index (χ2v) is 4.20. The van der Waals surface area contributed by atoms with Crippen LogP contribution in [0, 0.1) is 5.82 Å². The van der Waals surface area contributed by atoms with Gasteiger partial charge in [-0.2, -0.15) is 0 Å². The van der Waals surface area contributed by atoms with Gasteiger partial charge in [-0.05, 0) is 38.2 Å². The molecule has 106 valence electrons. The van der Waals surface area contributed by atoms with E-state index in [0.29, 0.717) is 23.6 Å². The fourth-order valence-electron chi connectivity index (χ4n) is 1.79. The average molecular weight is 268 g/mol. The van der Waals surface area contributed by atoms with Crippen LogP contribution < -0.4 is 4.74 Å². The van der Waals surface area contributed by atoms with Gasteiger partial charge in [0.1, 0.15) is 18.2 Å². The van der Waals surface area contributed by atoms with E-state index in [1.807, 2.05) is 0 Å². The van der Waals surface area contributed by atoms with Gasteiger partial charge in [-0.3, -0.25) is 0 Å². The van der Waals surface area contributed by atoms with Crippen LogP contribution in [-0.2, 0) is 0 Å². The summed E-state index contributed by atoms with van der Waals surface area (Å²) in [5.74, 6) is 0.151. The summed E-state index contributed by atoms with van der Waals surface area (Å²) in [6, 6.07) is 4.20. The van der Waals surface area contributed by atoms with Crippen LogP contribution >= 0.6 is 0 Å². The molecule has 0 aliphatic heterocycles. The third kappa shape index (κ3) is 4.52. The summed E-state index contributed by atoms with van der Waals surface area (Å²) < 4.78 is 18.9. The number of halogens is 1. The van der Waals surface area contributed by atoms with Crippen LogP contribution in [0.15, 0.2) is 23.4 Å². The zero-order chi connectivity index (χ0) is 14.3. The molecule has 0 spiro atoms. The number of oxime groups is 1. The first kappa shape index (κ1) is 15.4. The predicted octanol–water partition coefficient (Wildman–Crippen LogP) is 2.74. The van der Waals surface area contributed by atoms with Gasteiger partial charge in [0.15, 0.2) is 0 Å². The van der Waals surface area contributed by atoms with Gasteiger partial charge >= 0.3 is 0 Å². The maximum atomic E-state index is 13.2. The lowest BCUT2D eigenvalue weighted by molar-refractivity contribution is 0.222. The summed E-state index contributed by atoms with van der Waals surface area (Å²) in [6.45, 7) is 9.04. The maximum Gasteiger partial charge on any atom is 0.128 e. The fraction of sp³-hybridized carbons (Fsp3) is 0.500. The molecule has 19 heavy (non-hydrogen) atoms. The second kappa shape index (κ2) is 7.74. The van der Waals surface area contributed by atoms with Crippen molar-refractivity contribution in [3.05, 3.63) is 29.6 Å². The Morgan fingerprint density at radius 3 is 2.63 bits per heavy atom. The Hall–Kier alpha value is -1.62. The van der Waals surface area contributed by atoms with E-state index < -0.39 is 0 Å². The molecule has 1 rings (SSSR count). The molecule has 0 amide bonds. The standard InChI is InChI=1S/C14H21FN2O2/c1-4-17(5-2)8-9-19-14-7-6-12(15)10-13(14)11(3)16-18/h6-7,10,18H,4-5,8-9H2,1-3H3. The number of ether oxygens (including phenoxy) is 1. The summed E-state index contributed by atoms with van der Waals surface area (Å²) in [6.07, 6.45) is 0. The van der Waals surface area contributed by atoms with E-state index in [1.54, 1.807) is 13.0 Å². The van der Waals surface area contributed by atoms with Crippen molar-refractivity contribution in [3.63, 3.8) is 0 Å². The highest BCUT2D eigenvalue weighted by molar-refractivity contribution is 6.00. The van der Waals surface area contributed by atoms with E-state index in [2.05, 4.69) is 23.9 Å². The molecule has 0 heterocycles. The lowest BCUT2D eigenvalue weighted by Gasteiger charge is -2.18. The van der Waals surface area contributed by atoms with Crippen molar-refractivity contribution in [1.29, 1.82) is 0 Å². The van der Waals surface area contributed by atoms with Gasteiger partial charge in [-0.25, -0.2) is 4.39 Å². The first-order valence-electron chi connectivity index (χ1n) is 6.46. The van der Waals surface area contributed by atoms with E-state index >= 15 is 0 Å². The molecule has 0 bridgehead atoms. The molecule has 0 atom stereocenters. The summed E-state index contributed by atoms with van der Waals surface area (Å²) in [7, 11) is 0. The molecule has 0 saturated carbocycles. The highest BCUT2D eigenvalue weighted by atomic mass is 19.1. The van der Waals surface area contributed by atoms with Gasteiger partial charge in [-0.1, -0.05) is 19.0 Å². The van der Waals surface area contributed by atoms with Gasteiger partial charge in [0.25, 0.3) is 0 Å². The van der Waals surface area contributed by atoms with Crippen LogP contribution in [0.5, 0.6) is 5.75 Å². The minimum absolute atomic E-state index is 0.331. The van der Waals surface area contributed by atoms with Crippen molar-refractivity contribution in [1.82, 2.24) is 4.90 Å². The van der Waals surface area contributed by atoms with E-state index in [4.69, 9.17) is 9.94 Å². The van der Waals surface area contributed by atoms with Crippen molar-refractivity contribution in [2.45, 2.75) is 20.8 Å². The van der Waals surface area contributed by atoms with Crippen LogP contribution in [-0.4, -0.2) is 42.1 Å². The minimum atomic E-state index is -0.380. The van der Waals surface area contributed by atoms with Crippen LogP contribution in [0.4, 0.5) is 4.39 Å². The number of nitrogens with zero attached hydrogens (tertiary/aromatic N) is 2. The summed E-state index contributed by atoms with van der Waals surface area (Å²) in [5, 5.41) is 11.9. The van der Waals surface area contributed by atoms with Gasteiger partial charge < -0.3 is 14.8 Å². The van der Waals surface area contributed by atoms with E-state index in [0.717, 1.165) is 19.6 Å². The summed E-state index contributed by atoms with van der Waals surface area (Å²) in [5.41, 5.74) is 0.805. The molecule has 1 N–H and O–H groups in total. The Morgan fingerprint density at radius 1 is 1.37 bits per heavy atom. The Morgan fingerprint density at radius 2 is 2.05 bits per heavy atom. The third-order valence-electron chi connectivity index (χ3n) is 3.04. The predicted molar refractivity (Wildman–Crippen MR) is 73.7 cm³/mol. The molecule has 0 radical (unpaired) electrons. The molecule has 0 aliphatic carbocycles. The minimum Gasteiger partial charge on any atom is -0.492 e.